The monoisotopic (exact) mass is 339 g/mol. The molecular weight excluding hydrogens is 310 g/mol. The van der Waals surface area contributed by atoms with Crippen LogP contribution in [0.4, 0.5) is 0 Å². The molecule has 0 radical (unpaired) electrons. The van der Waals surface area contributed by atoms with Crippen LogP contribution in [0.3, 0.4) is 0 Å². The predicted octanol–water partition coefficient (Wildman–Crippen LogP) is 3.81. The van der Waals surface area contributed by atoms with E-state index in [0.717, 1.165) is 25.1 Å². The van der Waals surface area contributed by atoms with Crippen molar-refractivity contribution in [3.63, 3.8) is 0 Å². The van der Waals surface area contributed by atoms with E-state index in [-0.39, 0.29) is 17.5 Å². The van der Waals surface area contributed by atoms with E-state index >= 15 is 0 Å². The molecule has 0 saturated carbocycles. The lowest BCUT2D eigenvalue weighted by atomic mass is 9.92. The molecule has 1 N–H and O–H groups in total. The molecule has 1 saturated heterocycles. The van der Waals surface area contributed by atoms with Crippen LogP contribution in [-0.2, 0) is 11.2 Å². The second-order valence-electron chi connectivity index (χ2n) is 7.34. The number of carbonyl (C=O) groups excluding carboxylic acids is 1. The molecule has 0 aromatic heterocycles. The van der Waals surface area contributed by atoms with Gasteiger partial charge in [0.25, 0.3) is 5.91 Å². The highest BCUT2D eigenvalue weighted by Gasteiger charge is 2.22. The van der Waals surface area contributed by atoms with Gasteiger partial charge in [0.1, 0.15) is 11.6 Å². The van der Waals surface area contributed by atoms with E-state index in [0.29, 0.717) is 11.8 Å². The maximum atomic E-state index is 12.5. The first-order valence-corrected chi connectivity index (χ1v) is 9.18. The summed E-state index contributed by atoms with van der Waals surface area (Å²) in [6.45, 7) is 10.3. The molecule has 1 heterocycles. The molecule has 0 aliphatic carbocycles. The Kier molecular flexibility index (Phi) is 6.64. The number of amides is 1. The van der Waals surface area contributed by atoms with E-state index in [2.05, 4.69) is 49.2 Å². The van der Waals surface area contributed by atoms with Crippen molar-refractivity contribution in [3.8, 4) is 6.07 Å². The summed E-state index contributed by atoms with van der Waals surface area (Å²) in [6, 6.07) is 10.2. The van der Waals surface area contributed by atoms with Gasteiger partial charge in [0.2, 0.25) is 0 Å². The van der Waals surface area contributed by atoms with Crippen LogP contribution in [0.1, 0.15) is 51.3 Å². The molecule has 1 aromatic carbocycles. The van der Waals surface area contributed by atoms with Crippen molar-refractivity contribution in [3.05, 3.63) is 47.2 Å². The lowest BCUT2D eigenvalue weighted by Crippen LogP contribution is -2.36. The van der Waals surface area contributed by atoms with Crippen LogP contribution >= 0.6 is 0 Å². The van der Waals surface area contributed by atoms with Gasteiger partial charge in [-0.3, -0.25) is 4.79 Å². The Bertz CT molecular complexity index is 647. The number of likely N-dealkylation sites (tertiary alicyclic amines) is 1. The van der Waals surface area contributed by atoms with Gasteiger partial charge < -0.3 is 10.2 Å². The van der Waals surface area contributed by atoms with Crippen molar-refractivity contribution in [2.24, 2.45) is 11.8 Å². The second-order valence-corrected chi connectivity index (χ2v) is 7.34. The Hall–Kier alpha value is -2.28. The Balaban J connectivity index is 2.03. The van der Waals surface area contributed by atoms with Crippen LogP contribution in [0.2, 0.25) is 0 Å². The third-order valence-electron chi connectivity index (χ3n) is 4.81. The molecule has 2 rings (SSSR count). The maximum absolute atomic E-state index is 12.5. The summed E-state index contributed by atoms with van der Waals surface area (Å²) in [5, 5.41) is 12.3. The van der Waals surface area contributed by atoms with Gasteiger partial charge in [0.15, 0.2) is 0 Å². The Morgan fingerprint density at radius 3 is 2.44 bits per heavy atom. The van der Waals surface area contributed by atoms with Crippen molar-refractivity contribution in [2.45, 2.75) is 46.6 Å². The lowest BCUT2D eigenvalue weighted by Gasteiger charge is -2.34. The van der Waals surface area contributed by atoms with Gasteiger partial charge in [-0.25, -0.2) is 0 Å². The second kappa shape index (κ2) is 8.71. The summed E-state index contributed by atoms with van der Waals surface area (Å²) >= 11 is 0. The third kappa shape index (κ3) is 5.35. The van der Waals surface area contributed by atoms with Crippen LogP contribution < -0.4 is 5.32 Å². The molecule has 3 atom stereocenters. The van der Waals surface area contributed by atoms with E-state index in [1.807, 2.05) is 19.1 Å². The van der Waals surface area contributed by atoms with Crippen LogP contribution in [0.15, 0.2) is 36.0 Å². The highest BCUT2D eigenvalue weighted by atomic mass is 16.1. The van der Waals surface area contributed by atoms with Gasteiger partial charge in [0, 0.05) is 19.3 Å². The molecule has 4 nitrogen and oxygen atoms in total. The number of nitriles is 1. The molecule has 1 aliphatic heterocycles. The first-order chi connectivity index (χ1) is 11.9. The molecule has 0 spiro atoms. The normalized spacial score (nSPS) is 22.2. The molecule has 1 fully saturated rings. The first-order valence-electron chi connectivity index (χ1n) is 9.18. The topological polar surface area (TPSA) is 56.1 Å². The number of nitrogens with zero attached hydrogens (tertiary/aromatic N) is 2. The third-order valence-corrected chi connectivity index (χ3v) is 4.81. The van der Waals surface area contributed by atoms with Crippen LogP contribution in [0, 0.1) is 23.2 Å². The van der Waals surface area contributed by atoms with Gasteiger partial charge in [-0.2, -0.15) is 5.26 Å². The average molecular weight is 339 g/mol. The van der Waals surface area contributed by atoms with Crippen LogP contribution in [0.25, 0.3) is 0 Å². The zero-order valence-electron chi connectivity index (χ0n) is 15.7. The van der Waals surface area contributed by atoms with Crippen molar-refractivity contribution in [1.82, 2.24) is 10.2 Å². The maximum Gasteiger partial charge on any atom is 0.263 e. The molecule has 1 aliphatic rings. The van der Waals surface area contributed by atoms with Gasteiger partial charge in [-0.15, -0.1) is 0 Å². The van der Waals surface area contributed by atoms with Gasteiger partial charge >= 0.3 is 0 Å². The summed E-state index contributed by atoms with van der Waals surface area (Å²) in [5.41, 5.74) is 2.50. The fraction of sp³-hybridized carbons (Fsp3) is 0.524. The van der Waals surface area contributed by atoms with Gasteiger partial charge in [0.05, 0.1) is 6.04 Å². The number of hydrogen-bond donors (Lipinski definition) is 1. The highest BCUT2D eigenvalue weighted by molar-refractivity contribution is 5.97. The molecular formula is C21H29N3O. The molecule has 1 amide bonds. The van der Waals surface area contributed by atoms with E-state index < -0.39 is 0 Å². The van der Waals surface area contributed by atoms with Crippen LogP contribution in [0.5, 0.6) is 0 Å². The smallest absolute Gasteiger partial charge is 0.263 e. The number of hydrogen-bond acceptors (Lipinski definition) is 3. The fourth-order valence-electron chi connectivity index (χ4n) is 3.54. The summed E-state index contributed by atoms with van der Waals surface area (Å²) < 4.78 is 0. The largest absolute Gasteiger partial charge is 0.376 e. The lowest BCUT2D eigenvalue weighted by molar-refractivity contribution is -0.117. The predicted molar refractivity (Wildman–Crippen MR) is 101 cm³/mol. The number of aryl methyl sites for hydroxylation is 1. The minimum Gasteiger partial charge on any atom is -0.376 e. The number of piperidine rings is 1. The van der Waals surface area contributed by atoms with Crippen molar-refractivity contribution < 1.29 is 4.79 Å². The quantitative estimate of drug-likeness (QED) is 0.655. The molecule has 1 aromatic rings. The fourth-order valence-corrected chi connectivity index (χ4v) is 3.54. The minimum atomic E-state index is -0.305. The van der Waals surface area contributed by atoms with E-state index in [4.69, 9.17) is 0 Å². The van der Waals surface area contributed by atoms with E-state index in [1.165, 1.54) is 12.0 Å². The van der Waals surface area contributed by atoms with E-state index in [9.17, 15) is 10.1 Å². The highest BCUT2D eigenvalue weighted by Crippen LogP contribution is 2.22. The SMILES string of the molecule is CCc1ccc(C(C)NC(=O)/C(C#N)=C\N2CC(C)CC(C)C2)cc1. The Labute approximate surface area is 151 Å². The molecule has 3 unspecified atom stereocenters. The van der Waals surface area contributed by atoms with Crippen molar-refractivity contribution in [1.29, 1.82) is 5.26 Å². The van der Waals surface area contributed by atoms with Gasteiger partial charge in [-0.1, -0.05) is 45.0 Å². The molecule has 0 bridgehead atoms. The average Bonchev–Trinajstić information content (AvgIpc) is 2.58. The van der Waals surface area contributed by atoms with Crippen molar-refractivity contribution in [2.75, 3.05) is 13.1 Å². The van der Waals surface area contributed by atoms with Crippen LogP contribution in [-0.4, -0.2) is 23.9 Å². The van der Waals surface area contributed by atoms with E-state index in [1.54, 1.807) is 6.20 Å². The number of rotatable bonds is 5. The number of carbonyl (C=O) groups is 1. The Morgan fingerprint density at radius 2 is 1.92 bits per heavy atom. The summed E-state index contributed by atoms with van der Waals surface area (Å²) in [6.07, 6.45) is 3.92. The molecule has 4 heteroatoms. The summed E-state index contributed by atoms with van der Waals surface area (Å²) in [5.74, 6) is 0.860. The zero-order valence-corrected chi connectivity index (χ0v) is 15.7. The van der Waals surface area contributed by atoms with Gasteiger partial charge in [-0.05, 0) is 42.7 Å². The summed E-state index contributed by atoms with van der Waals surface area (Å²) in [4.78, 5) is 14.6. The zero-order chi connectivity index (χ0) is 18.4. The summed E-state index contributed by atoms with van der Waals surface area (Å²) in [7, 11) is 0. The first kappa shape index (κ1) is 19.1. The standard InChI is InChI=1S/C21H29N3O/c1-5-18-6-8-19(9-7-18)17(4)23-21(25)20(11-22)14-24-12-15(2)10-16(3)13-24/h6-9,14-17H,5,10,12-13H2,1-4H3,(H,23,25)/b20-14-. The Morgan fingerprint density at radius 1 is 1.32 bits per heavy atom. The van der Waals surface area contributed by atoms with Crippen molar-refractivity contribution >= 4 is 5.91 Å². The minimum absolute atomic E-state index is 0.130. The molecule has 25 heavy (non-hydrogen) atoms. The number of benzene rings is 1. The number of nitrogens with one attached hydrogen (secondary N) is 1. The molecule has 134 valence electrons.